The Morgan fingerprint density at radius 2 is 1.39 bits per heavy atom. The van der Waals surface area contributed by atoms with Crippen molar-refractivity contribution in [3.8, 4) is 0 Å². The largest absolute Gasteiger partial charge is 0.379 e. The van der Waals surface area contributed by atoms with E-state index in [2.05, 4.69) is 12.2 Å². The third-order valence-electron chi connectivity index (χ3n) is 2.71. The SMILES string of the molecule is CCCCOCCOCCOCCOC1CNC1. The number of hydrogen-bond donors (Lipinski definition) is 1. The maximum atomic E-state index is 5.51. The van der Waals surface area contributed by atoms with Crippen LogP contribution in [0.2, 0.25) is 0 Å². The summed E-state index contributed by atoms with van der Waals surface area (Å²) >= 11 is 0. The summed E-state index contributed by atoms with van der Waals surface area (Å²) in [6.07, 6.45) is 2.69. The molecule has 0 spiro atoms. The van der Waals surface area contributed by atoms with Crippen molar-refractivity contribution in [2.45, 2.75) is 25.9 Å². The van der Waals surface area contributed by atoms with Gasteiger partial charge in [-0.1, -0.05) is 13.3 Å². The van der Waals surface area contributed by atoms with Crippen LogP contribution in [0.5, 0.6) is 0 Å². The summed E-state index contributed by atoms with van der Waals surface area (Å²) in [5, 5.41) is 3.16. The minimum Gasteiger partial charge on any atom is -0.379 e. The van der Waals surface area contributed by atoms with Crippen molar-refractivity contribution in [1.82, 2.24) is 5.32 Å². The molecule has 0 atom stereocenters. The van der Waals surface area contributed by atoms with Crippen LogP contribution in [-0.4, -0.2) is 65.4 Å². The molecule has 108 valence electrons. The van der Waals surface area contributed by atoms with Crippen LogP contribution in [0.4, 0.5) is 0 Å². The van der Waals surface area contributed by atoms with Crippen molar-refractivity contribution in [2.75, 3.05) is 59.3 Å². The molecule has 18 heavy (non-hydrogen) atoms. The highest BCUT2D eigenvalue weighted by molar-refractivity contribution is 4.74. The topological polar surface area (TPSA) is 49.0 Å². The van der Waals surface area contributed by atoms with E-state index < -0.39 is 0 Å². The van der Waals surface area contributed by atoms with Crippen molar-refractivity contribution in [1.29, 1.82) is 0 Å². The summed E-state index contributed by atoms with van der Waals surface area (Å²) in [4.78, 5) is 0. The number of rotatable bonds is 13. The van der Waals surface area contributed by atoms with Gasteiger partial charge in [0.25, 0.3) is 0 Å². The molecular formula is C13H27NO4. The first-order valence-electron chi connectivity index (χ1n) is 6.99. The lowest BCUT2D eigenvalue weighted by molar-refractivity contribution is -0.0312. The molecule has 0 unspecified atom stereocenters. The first-order valence-corrected chi connectivity index (χ1v) is 6.99. The van der Waals surface area contributed by atoms with Gasteiger partial charge in [-0.2, -0.15) is 0 Å². The zero-order valence-corrected chi connectivity index (χ0v) is 11.5. The standard InChI is InChI=1S/C13H27NO4/c1-2-3-4-15-5-6-16-7-8-17-9-10-18-13-11-14-12-13/h13-14H,2-12H2,1H3. The second kappa shape index (κ2) is 11.9. The highest BCUT2D eigenvalue weighted by Gasteiger charge is 2.16. The van der Waals surface area contributed by atoms with E-state index in [0.29, 0.717) is 45.7 Å². The molecule has 5 nitrogen and oxygen atoms in total. The van der Waals surface area contributed by atoms with Crippen LogP contribution in [0.15, 0.2) is 0 Å². The van der Waals surface area contributed by atoms with Gasteiger partial charge in [0, 0.05) is 19.7 Å². The molecule has 0 aromatic carbocycles. The van der Waals surface area contributed by atoms with E-state index >= 15 is 0 Å². The highest BCUT2D eigenvalue weighted by Crippen LogP contribution is 1.96. The fraction of sp³-hybridized carbons (Fsp3) is 1.00. The van der Waals surface area contributed by atoms with Gasteiger partial charge in [0.15, 0.2) is 0 Å². The predicted octanol–water partition coefficient (Wildman–Crippen LogP) is 0.825. The van der Waals surface area contributed by atoms with Gasteiger partial charge in [0.05, 0.1) is 45.7 Å². The molecule has 0 saturated carbocycles. The molecule has 1 aliphatic heterocycles. The molecule has 1 heterocycles. The lowest BCUT2D eigenvalue weighted by atomic mass is 10.2. The summed E-state index contributed by atoms with van der Waals surface area (Å²) in [6, 6.07) is 0. The fourth-order valence-corrected chi connectivity index (χ4v) is 1.44. The van der Waals surface area contributed by atoms with Crippen LogP contribution in [0.1, 0.15) is 19.8 Å². The van der Waals surface area contributed by atoms with Crippen molar-refractivity contribution < 1.29 is 18.9 Å². The highest BCUT2D eigenvalue weighted by atomic mass is 16.6. The number of nitrogens with one attached hydrogen (secondary N) is 1. The van der Waals surface area contributed by atoms with Gasteiger partial charge >= 0.3 is 0 Å². The zero-order valence-electron chi connectivity index (χ0n) is 11.5. The molecule has 1 rings (SSSR count). The molecule has 0 aromatic rings. The summed E-state index contributed by atoms with van der Waals surface area (Å²) in [7, 11) is 0. The average Bonchev–Trinajstić information content (AvgIpc) is 2.33. The van der Waals surface area contributed by atoms with E-state index in [-0.39, 0.29) is 0 Å². The monoisotopic (exact) mass is 261 g/mol. The summed E-state index contributed by atoms with van der Waals surface area (Å²) < 4.78 is 21.6. The Hall–Kier alpha value is -0.200. The van der Waals surface area contributed by atoms with Crippen LogP contribution in [0.25, 0.3) is 0 Å². The summed E-state index contributed by atoms with van der Waals surface area (Å²) in [5.74, 6) is 0. The molecule has 0 aliphatic carbocycles. The second-order valence-corrected chi connectivity index (χ2v) is 4.34. The van der Waals surface area contributed by atoms with Crippen molar-refractivity contribution in [2.24, 2.45) is 0 Å². The van der Waals surface area contributed by atoms with Crippen LogP contribution < -0.4 is 5.32 Å². The lowest BCUT2D eigenvalue weighted by Gasteiger charge is -2.26. The Balaban J connectivity index is 1.63. The Labute approximate surface area is 110 Å². The lowest BCUT2D eigenvalue weighted by Crippen LogP contribution is -2.48. The van der Waals surface area contributed by atoms with E-state index in [4.69, 9.17) is 18.9 Å². The summed E-state index contributed by atoms with van der Waals surface area (Å²) in [6.45, 7) is 8.84. The van der Waals surface area contributed by atoms with Gasteiger partial charge < -0.3 is 24.3 Å². The van der Waals surface area contributed by atoms with Crippen LogP contribution in [-0.2, 0) is 18.9 Å². The number of hydrogen-bond acceptors (Lipinski definition) is 5. The van der Waals surface area contributed by atoms with Crippen molar-refractivity contribution in [3.05, 3.63) is 0 Å². The molecule has 1 saturated heterocycles. The molecule has 5 heteroatoms. The Morgan fingerprint density at radius 3 is 1.89 bits per heavy atom. The van der Waals surface area contributed by atoms with Crippen molar-refractivity contribution in [3.63, 3.8) is 0 Å². The van der Waals surface area contributed by atoms with Gasteiger partial charge in [-0.25, -0.2) is 0 Å². The predicted molar refractivity (Wildman–Crippen MR) is 70.0 cm³/mol. The molecule has 1 N–H and O–H groups in total. The quantitative estimate of drug-likeness (QED) is 0.498. The van der Waals surface area contributed by atoms with E-state index in [9.17, 15) is 0 Å². The minimum atomic E-state index is 0.394. The minimum absolute atomic E-state index is 0.394. The van der Waals surface area contributed by atoms with E-state index in [0.717, 1.165) is 26.1 Å². The first kappa shape index (κ1) is 15.9. The molecule has 0 aromatic heterocycles. The average molecular weight is 261 g/mol. The van der Waals surface area contributed by atoms with E-state index in [1.54, 1.807) is 0 Å². The Bertz CT molecular complexity index is 176. The maximum Gasteiger partial charge on any atom is 0.0824 e. The Morgan fingerprint density at radius 1 is 0.833 bits per heavy atom. The van der Waals surface area contributed by atoms with E-state index in [1.165, 1.54) is 6.42 Å². The van der Waals surface area contributed by atoms with Crippen LogP contribution >= 0.6 is 0 Å². The maximum absolute atomic E-state index is 5.51. The smallest absolute Gasteiger partial charge is 0.0824 e. The van der Waals surface area contributed by atoms with Gasteiger partial charge in [-0.05, 0) is 6.42 Å². The van der Waals surface area contributed by atoms with Gasteiger partial charge in [-0.15, -0.1) is 0 Å². The van der Waals surface area contributed by atoms with Crippen molar-refractivity contribution >= 4 is 0 Å². The number of ether oxygens (including phenoxy) is 4. The first-order chi connectivity index (χ1) is 8.93. The molecule has 1 aliphatic rings. The van der Waals surface area contributed by atoms with E-state index in [1.807, 2.05) is 0 Å². The molecule has 0 bridgehead atoms. The third-order valence-corrected chi connectivity index (χ3v) is 2.71. The Kier molecular flexibility index (Phi) is 10.5. The number of unbranched alkanes of at least 4 members (excludes halogenated alkanes) is 1. The third kappa shape index (κ3) is 8.83. The molecule has 0 amide bonds. The fourth-order valence-electron chi connectivity index (χ4n) is 1.44. The molecule has 1 fully saturated rings. The van der Waals surface area contributed by atoms with Crippen LogP contribution in [0, 0.1) is 0 Å². The second-order valence-electron chi connectivity index (χ2n) is 4.34. The molecular weight excluding hydrogens is 234 g/mol. The summed E-state index contributed by atoms with van der Waals surface area (Å²) in [5.41, 5.74) is 0. The molecule has 0 radical (unpaired) electrons. The normalized spacial score (nSPS) is 15.8. The van der Waals surface area contributed by atoms with Gasteiger partial charge in [0.1, 0.15) is 0 Å². The zero-order chi connectivity index (χ0) is 12.9. The van der Waals surface area contributed by atoms with Gasteiger partial charge in [-0.3, -0.25) is 0 Å². The van der Waals surface area contributed by atoms with Crippen LogP contribution in [0.3, 0.4) is 0 Å². The van der Waals surface area contributed by atoms with Gasteiger partial charge in [0.2, 0.25) is 0 Å².